The number of rotatable bonds is 6. The Morgan fingerprint density at radius 1 is 1.64 bits per heavy atom. The summed E-state index contributed by atoms with van der Waals surface area (Å²) in [4.78, 5) is 0. The maximum absolute atomic E-state index is 9.10. The van der Waals surface area contributed by atoms with Gasteiger partial charge in [0.25, 0.3) is 0 Å². The van der Waals surface area contributed by atoms with Gasteiger partial charge in [0.15, 0.2) is 0 Å². The highest BCUT2D eigenvalue weighted by Gasteiger charge is 2.19. The van der Waals surface area contributed by atoms with Gasteiger partial charge in [0, 0.05) is 24.4 Å². The van der Waals surface area contributed by atoms with Crippen LogP contribution in [0.2, 0.25) is 0 Å². The molecule has 0 bridgehead atoms. The molecular formula is C10H21NO2S. The minimum Gasteiger partial charge on any atom is -0.395 e. The van der Waals surface area contributed by atoms with Crippen molar-refractivity contribution < 1.29 is 9.84 Å². The van der Waals surface area contributed by atoms with Gasteiger partial charge in [0.2, 0.25) is 0 Å². The van der Waals surface area contributed by atoms with Crippen molar-refractivity contribution in [2.45, 2.75) is 24.6 Å². The highest BCUT2D eigenvalue weighted by Crippen LogP contribution is 2.13. The normalized spacial score (nSPS) is 26.4. The molecule has 0 aromatic rings. The van der Waals surface area contributed by atoms with E-state index in [1.54, 1.807) is 11.8 Å². The molecule has 1 aliphatic rings. The predicted octanol–water partition coefficient (Wildman–Crippen LogP) is 0.725. The van der Waals surface area contributed by atoms with Crippen molar-refractivity contribution in [2.75, 3.05) is 32.6 Å². The van der Waals surface area contributed by atoms with Crippen LogP contribution in [-0.2, 0) is 4.74 Å². The molecule has 3 unspecified atom stereocenters. The number of ether oxygens (including phenoxy) is 1. The molecule has 3 atom stereocenters. The summed E-state index contributed by atoms with van der Waals surface area (Å²) in [6.45, 7) is 5.19. The highest BCUT2D eigenvalue weighted by atomic mass is 32.2. The van der Waals surface area contributed by atoms with Crippen LogP contribution in [0.1, 0.15) is 13.3 Å². The second kappa shape index (κ2) is 6.67. The molecule has 0 saturated carbocycles. The largest absolute Gasteiger partial charge is 0.395 e. The third-order valence-electron chi connectivity index (χ3n) is 2.79. The zero-order chi connectivity index (χ0) is 10.4. The Labute approximate surface area is 90.6 Å². The molecule has 0 aromatic heterocycles. The van der Waals surface area contributed by atoms with Crippen molar-refractivity contribution in [2.24, 2.45) is 5.92 Å². The van der Waals surface area contributed by atoms with E-state index in [9.17, 15) is 0 Å². The van der Waals surface area contributed by atoms with Crippen LogP contribution >= 0.6 is 11.8 Å². The Hall–Kier alpha value is 0.230. The molecule has 1 saturated heterocycles. The van der Waals surface area contributed by atoms with Gasteiger partial charge in [-0.25, -0.2) is 0 Å². The summed E-state index contributed by atoms with van der Waals surface area (Å²) in [5.74, 6) is 0.665. The first kappa shape index (κ1) is 12.3. The first-order chi connectivity index (χ1) is 6.77. The lowest BCUT2D eigenvalue weighted by Gasteiger charge is -2.22. The fourth-order valence-corrected chi connectivity index (χ4v) is 2.32. The lowest BCUT2D eigenvalue weighted by Crippen LogP contribution is -2.40. The van der Waals surface area contributed by atoms with E-state index in [4.69, 9.17) is 9.84 Å². The van der Waals surface area contributed by atoms with Crippen LogP contribution in [-0.4, -0.2) is 49.0 Å². The Morgan fingerprint density at radius 3 is 2.93 bits per heavy atom. The average Bonchev–Trinajstić information content (AvgIpc) is 2.69. The maximum Gasteiger partial charge on any atom is 0.0564 e. The van der Waals surface area contributed by atoms with Crippen molar-refractivity contribution in [1.29, 1.82) is 0 Å². The van der Waals surface area contributed by atoms with Gasteiger partial charge in [-0.2, -0.15) is 11.8 Å². The molecule has 1 rings (SSSR count). The van der Waals surface area contributed by atoms with Crippen molar-refractivity contribution in [3.63, 3.8) is 0 Å². The van der Waals surface area contributed by atoms with E-state index in [-0.39, 0.29) is 6.61 Å². The molecule has 0 aliphatic carbocycles. The fourth-order valence-electron chi connectivity index (χ4n) is 1.67. The number of aliphatic hydroxyl groups is 1. The molecule has 1 heterocycles. The zero-order valence-corrected chi connectivity index (χ0v) is 9.85. The topological polar surface area (TPSA) is 41.5 Å². The molecule has 84 valence electrons. The van der Waals surface area contributed by atoms with Crippen LogP contribution < -0.4 is 5.32 Å². The molecular weight excluding hydrogens is 198 g/mol. The SMILES string of the molecule is CSC(CO)C(C)NCC1CCOC1. The van der Waals surface area contributed by atoms with Crippen molar-refractivity contribution in [3.05, 3.63) is 0 Å². The van der Waals surface area contributed by atoms with E-state index in [2.05, 4.69) is 12.2 Å². The molecule has 3 nitrogen and oxygen atoms in total. The lowest BCUT2D eigenvalue weighted by atomic mass is 10.1. The highest BCUT2D eigenvalue weighted by molar-refractivity contribution is 7.99. The summed E-state index contributed by atoms with van der Waals surface area (Å²) in [5, 5.41) is 12.9. The first-order valence-electron chi connectivity index (χ1n) is 5.22. The molecule has 0 aromatic carbocycles. The summed E-state index contributed by atoms with van der Waals surface area (Å²) >= 11 is 1.72. The molecule has 2 N–H and O–H groups in total. The Kier molecular flexibility index (Phi) is 5.86. The fraction of sp³-hybridized carbons (Fsp3) is 1.00. The van der Waals surface area contributed by atoms with Crippen LogP contribution in [0.25, 0.3) is 0 Å². The average molecular weight is 219 g/mol. The van der Waals surface area contributed by atoms with E-state index in [0.717, 1.165) is 19.8 Å². The molecule has 0 spiro atoms. The van der Waals surface area contributed by atoms with Gasteiger partial charge < -0.3 is 15.2 Å². The predicted molar refractivity (Wildman–Crippen MR) is 60.8 cm³/mol. The van der Waals surface area contributed by atoms with E-state index in [1.807, 2.05) is 6.26 Å². The lowest BCUT2D eigenvalue weighted by molar-refractivity contribution is 0.184. The minimum absolute atomic E-state index is 0.247. The van der Waals surface area contributed by atoms with E-state index < -0.39 is 0 Å². The number of thioether (sulfide) groups is 1. The van der Waals surface area contributed by atoms with Crippen LogP contribution in [0.5, 0.6) is 0 Å². The third kappa shape index (κ3) is 3.77. The molecule has 1 aliphatic heterocycles. The number of hydrogen-bond donors (Lipinski definition) is 2. The first-order valence-corrected chi connectivity index (χ1v) is 6.51. The van der Waals surface area contributed by atoms with Crippen LogP contribution in [0.15, 0.2) is 0 Å². The van der Waals surface area contributed by atoms with Crippen LogP contribution in [0, 0.1) is 5.92 Å². The van der Waals surface area contributed by atoms with Crippen LogP contribution in [0.4, 0.5) is 0 Å². The van der Waals surface area contributed by atoms with Crippen molar-refractivity contribution in [1.82, 2.24) is 5.32 Å². The van der Waals surface area contributed by atoms with Gasteiger partial charge in [0.1, 0.15) is 0 Å². The van der Waals surface area contributed by atoms with E-state index in [0.29, 0.717) is 17.2 Å². The van der Waals surface area contributed by atoms with Crippen molar-refractivity contribution in [3.8, 4) is 0 Å². The van der Waals surface area contributed by atoms with Gasteiger partial charge in [-0.3, -0.25) is 0 Å². The third-order valence-corrected chi connectivity index (χ3v) is 3.96. The Balaban J connectivity index is 2.15. The summed E-state index contributed by atoms with van der Waals surface area (Å²) < 4.78 is 5.31. The van der Waals surface area contributed by atoms with Gasteiger partial charge in [-0.15, -0.1) is 0 Å². The second-order valence-electron chi connectivity index (χ2n) is 3.88. The van der Waals surface area contributed by atoms with Gasteiger partial charge in [-0.05, 0) is 25.5 Å². The van der Waals surface area contributed by atoms with Gasteiger partial charge in [-0.1, -0.05) is 0 Å². The van der Waals surface area contributed by atoms with Crippen LogP contribution in [0.3, 0.4) is 0 Å². The molecule has 14 heavy (non-hydrogen) atoms. The molecule has 0 amide bonds. The van der Waals surface area contributed by atoms with Gasteiger partial charge >= 0.3 is 0 Å². The Bertz CT molecular complexity index is 147. The summed E-state index contributed by atoms with van der Waals surface area (Å²) in [5.41, 5.74) is 0. The second-order valence-corrected chi connectivity index (χ2v) is 4.96. The quantitative estimate of drug-likeness (QED) is 0.691. The maximum atomic E-state index is 9.10. The number of hydrogen-bond acceptors (Lipinski definition) is 4. The minimum atomic E-state index is 0.247. The standard InChI is InChI=1S/C10H21NO2S/c1-8(10(6-12)14-2)11-5-9-3-4-13-7-9/h8-12H,3-7H2,1-2H3. The van der Waals surface area contributed by atoms with Gasteiger partial charge in [0.05, 0.1) is 13.2 Å². The number of aliphatic hydroxyl groups excluding tert-OH is 1. The monoisotopic (exact) mass is 219 g/mol. The van der Waals surface area contributed by atoms with Crippen molar-refractivity contribution >= 4 is 11.8 Å². The summed E-state index contributed by atoms with van der Waals surface area (Å²) in [6.07, 6.45) is 3.21. The van der Waals surface area contributed by atoms with E-state index in [1.165, 1.54) is 6.42 Å². The molecule has 4 heteroatoms. The molecule has 0 radical (unpaired) electrons. The Morgan fingerprint density at radius 2 is 2.43 bits per heavy atom. The summed E-state index contributed by atoms with van der Waals surface area (Å²) in [6, 6.07) is 0.371. The molecule has 1 fully saturated rings. The smallest absolute Gasteiger partial charge is 0.0564 e. The number of nitrogens with one attached hydrogen (secondary N) is 1. The zero-order valence-electron chi connectivity index (χ0n) is 9.03. The van der Waals surface area contributed by atoms with E-state index >= 15 is 0 Å². The summed E-state index contributed by atoms with van der Waals surface area (Å²) in [7, 11) is 0.